The first-order valence-electron chi connectivity index (χ1n) is 4.08. The molecule has 0 spiro atoms. The minimum atomic E-state index is -2.74. The molecule has 1 aliphatic heterocycles. The number of hydrogen-bond acceptors (Lipinski definition) is 3. The lowest BCUT2D eigenvalue weighted by Crippen LogP contribution is -2.21. The summed E-state index contributed by atoms with van der Waals surface area (Å²) in [5.74, 6) is 0.684. The maximum atomic E-state index is 11.3. The molecule has 1 saturated heterocycles. The third-order valence-corrected chi connectivity index (χ3v) is 5.11. The molecule has 1 unspecified atom stereocenters. The summed E-state index contributed by atoms with van der Waals surface area (Å²) in [7, 11) is -2.74. The zero-order chi connectivity index (χ0) is 8.06. The number of hydrogen-bond donors (Lipinski definition) is 1. The van der Waals surface area contributed by atoms with Crippen molar-refractivity contribution in [3.63, 3.8) is 0 Å². The average molecular weight is 175 g/mol. The van der Waals surface area contributed by atoms with Crippen LogP contribution in [0.3, 0.4) is 0 Å². The van der Waals surface area contributed by atoms with E-state index < -0.39 is 9.84 Å². The van der Waals surface area contributed by atoms with E-state index >= 15 is 0 Å². The van der Waals surface area contributed by atoms with Gasteiger partial charge >= 0.3 is 0 Å². The SMILES string of the molecule is N[C@H]1C[C@@H]1C1CCCS1(=O)=O. The van der Waals surface area contributed by atoms with Crippen molar-refractivity contribution in [1.29, 1.82) is 0 Å². The highest BCUT2D eigenvalue weighted by Gasteiger charge is 2.48. The van der Waals surface area contributed by atoms with Gasteiger partial charge in [-0.2, -0.15) is 0 Å². The normalized spacial score (nSPS) is 47.5. The predicted molar refractivity (Wildman–Crippen MR) is 42.9 cm³/mol. The van der Waals surface area contributed by atoms with Crippen molar-refractivity contribution in [2.24, 2.45) is 11.7 Å². The van der Waals surface area contributed by atoms with Crippen LogP contribution in [-0.2, 0) is 9.84 Å². The van der Waals surface area contributed by atoms with Gasteiger partial charge in [0.15, 0.2) is 9.84 Å². The molecule has 3 atom stereocenters. The van der Waals surface area contributed by atoms with Crippen molar-refractivity contribution in [3.05, 3.63) is 0 Å². The maximum Gasteiger partial charge on any atom is 0.153 e. The fourth-order valence-electron chi connectivity index (χ4n) is 1.96. The molecule has 2 aliphatic rings. The Morgan fingerprint density at radius 3 is 2.36 bits per heavy atom. The predicted octanol–water partition coefficient (Wildman–Crippen LogP) is -0.0892. The monoisotopic (exact) mass is 175 g/mol. The molecule has 0 bridgehead atoms. The molecule has 0 aromatic carbocycles. The highest BCUT2D eigenvalue weighted by molar-refractivity contribution is 7.92. The van der Waals surface area contributed by atoms with Gasteiger partial charge in [0, 0.05) is 6.04 Å². The summed E-state index contributed by atoms with van der Waals surface area (Å²) in [6.45, 7) is 0. The molecule has 64 valence electrons. The summed E-state index contributed by atoms with van der Waals surface area (Å²) in [4.78, 5) is 0. The van der Waals surface area contributed by atoms with Gasteiger partial charge in [-0.1, -0.05) is 0 Å². The molecule has 2 rings (SSSR count). The lowest BCUT2D eigenvalue weighted by atomic mass is 10.2. The van der Waals surface area contributed by atoms with Crippen molar-refractivity contribution in [3.8, 4) is 0 Å². The quantitative estimate of drug-likeness (QED) is 0.606. The topological polar surface area (TPSA) is 60.2 Å². The number of sulfone groups is 1. The van der Waals surface area contributed by atoms with E-state index in [-0.39, 0.29) is 11.3 Å². The van der Waals surface area contributed by atoms with Crippen molar-refractivity contribution in [1.82, 2.24) is 0 Å². The first-order chi connectivity index (χ1) is 5.11. The summed E-state index contributed by atoms with van der Waals surface area (Å²) in [5.41, 5.74) is 5.60. The fourth-order valence-corrected chi connectivity index (χ4v) is 4.20. The van der Waals surface area contributed by atoms with Gasteiger partial charge in [-0.25, -0.2) is 8.42 Å². The third-order valence-electron chi connectivity index (χ3n) is 2.75. The lowest BCUT2D eigenvalue weighted by molar-refractivity contribution is 0.575. The molecule has 1 heterocycles. The Morgan fingerprint density at radius 2 is 2.00 bits per heavy atom. The van der Waals surface area contributed by atoms with Crippen LogP contribution in [0.1, 0.15) is 19.3 Å². The third kappa shape index (κ3) is 1.18. The van der Waals surface area contributed by atoms with E-state index in [4.69, 9.17) is 5.73 Å². The number of rotatable bonds is 1. The van der Waals surface area contributed by atoms with Gasteiger partial charge in [0.05, 0.1) is 11.0 Å². The Labute approximate surface area is 66.9 Å². The van der Waals surface area contributed by atoms with Gasteiger partial charge in [0.1, 0.15) is 0 Å². The van der Waals surface area contributed by atoms with Gasteiger partial charge in [0.2, 0.25) is 0 Å². The molecule has 11 heavy (non-hydrogen) atoms. The second-order valence-electron chi connectivity index (χ2n) is 3.61. The van der Waals surface area contributed by atoms with Gasteiger partial charge in [-0.05, 0) is 25.2 Å². The summed E-state index contributed by atoms with van der Waals surface area (Å²) in [6.07, 6.45) is 2.61. The molecule has 0 amide bonds. The fraction of sp³-hybridized carbons (Fsp3) is 1.00. The van der Waals surface area contributed by atoms with Crippen LogP contribution in [0, 0.1) is 5.92 Å². The zero-order valence-electron chi connectivity index (χ0n) is 6.36. The molecule has 2 N–H and O–H groups in total. The molecule has 0 aromatic heterocycles. The van der Waals surface area contributed by atoms with Crippen molar-refractivity contribution < 1.29 is 8.42 Å². The van der Waals surface area contributed by atoms with Crippen molar-refractivity contribution in [2.75, 3.05) is 5.75 Å². The van der Waals surface area contributed by atoms with Crippen molar-refractivity contribution >= 4 is 9.84 Å². The first kappa shape index (κ1) is 7.55. The van der Waals surface area contributed by atoms with Gasteiger partial charge in [0.25, 0.3) is 0 Å². The van der Waals surface area contributed by atoms with Crippen LogP contribution in [-0.4, -0.2) is 25.5 Å². The minimum absolute atomic E-state index is 0.0856. The second-order valence-corrected chi connectivity index (χ2v) is 5.95. The molecule has 1 saturated carbocycles. The molecular formula is C7H13NO2S. The summed E-state index contributed by atoms with van der Waals surface area (Å²) < 4.78 is 22.7. The van der Waals surface area contributed by atoms with E-state index in [9.17, 15) is 8.42 Å². The maximum absolute atomic E-state index is 11.3. The highest BCUT2D eigenvalue weighted by atomic mass is 32.2. The molecule has 4 heteroatoms. The van der Waals surface area contributed by atoms with Gasteiger partial charge in [-0.15, -0.1) is 0 Å². The Morgan fingerprint density at radius 1 is 1.36 bits per heavy atom. The largest absolute Gasteiger partial charge is 0.327 e. The smallest absolute Gasteiger partial charge is 0.153 e. The van der Waals surface area contributed by atoms with E-state index in [1.165, 1.54) is 0 Å². The van der Waals surface area contributed by atoms with E-state index in [2.05, 4.69) is 0 Å². The van der Waals surface area contributed by atoms with Crippen LogP contribution < -0.4 is 5.73 Å². The Bertz CT molecular complexity index is 260. The number of nitrogens with two attached hydrogens (primary N) is 1. The van der Waals surface area contributed by atoms with Gasteiger partial charge in [-0.3, -0.25) is 0 Å². The molecule has 0 radical (unpaired) electrons. The summed E-state index contributed by atoms with van der Waals surface area (Å²) in [5, 5.41) is -0.0856. The van der Waals surface area contributed by atoms with Gasteiger partial charge < -0.3 is 5.73 Å². The zero-order valence-corrected chi connectivity index (χ0v) is 7.18. The first-order valence-corrected chi connectivity index (χ1v) is 5.80. The molecule has 3 nitrogen and oxygen atoms in total. The van der Waals surface area contributed by atoms with Crippen LogP contribution in [0.2, 0.25) is 0 Å². The van der Waals surface area contributed by atoms with Crippen LogP contribution in [0.5, 0.6) is 0 Å². The van der Waals surface area contributed by atoms with E-state index in [1.807, 2.05) is 0 Å². The Kier molecular flexibility index (Phi) is 1.51. The Balaban J connectivity index is 2.15. The molecule has 0 aromatic rings. The van der Waals surface area contributed by atoms with E-state index in [1.54, 1.807) is 0 Å². The van der Waals surface area contributed by atoms with E-state index in [0.29, 0.717) is 11.7 Å². The summed E-state index contributed by atoms with van der Waals surface area (Å²) >= 11 is 0. The van der Waals surface area contributed by atoms with Crippen LogP contribution in [0.4, 0.5) is 0 Å². The average Bonchev–Trinajstić information content (AvgIpc) is 2.48. The lowest BCUT2D eigenvalue weighted by Gasteiger charge is -2.05. The Hall–Kier alpha value is -0.0900. The highest BCUT2D eigenvalue weighted by Crippen LogP contribution is 2.40. The molecule has 1 aliphatic carbocycles. The van der Waals surface area contributed by atoms with E-state index in [0.717, 1.165) is 19.3 Å². The second kappa shape index (κ2) is 2.20. The van der Waals surface area contributed by atoms with Crippen LogP contribution in [0.25, 0.3) is 0 Å². The minimum Gasteiger partial charge on any atom is -0.327 e. The van der Waals surface area contributed by atoms with Crippen LogP contribution in [0.15, 0.2) is 0 Å². The standard InChI is InChI=1S/C7H13NO2S/c8-6-4-5(6)7-2-1-3-11(7,9)10/h5-7H,1-4,8H2/t5-,6-,7?/m0/s1. The van der Waals surface area contributed by atoms with Crippen LogP contribution >= 0.6 is 0 Å². The molecular weight excluding hydrogens is 162 g/mol. The van der Waals surface area contributed by atoms with Crippen molar-refractivity contribution in [2.45, 2.75) is 30.6 Å². The summed E-state index contributed by atoms with van der Waals surface area (Å²) in [6, 6.07) is 0.174. The molecule has 2 fully saturated rings.